The van der Waals surface area contributed by atoms with Crippen molar-refractivity contribution < 1.29 is 4.79 Å². The summed E-state index contributed by atoms with van der Waals surface area (Å²) in [6.07, 6.45) is 8.18. The molecule has 1 nitrogen and oxygen atoms in total. The minimum Gasteiger partial charge on any atom is -0.299 e. The van der Waals surface area contributed by atoms with E-state index in [0.29, 0.717) is 11.7 Å². The van der Waals surface area contributed by atoms with Crippen molar-refractivity contribution in [2.24, 2.45) is 5.92 Å². The first-order chi connectivity index (χ1) is 6.99. The van der Waals surface area contributed by atoms with Crippen molar-refractivity contribution in [3.63, 3.8) is 0 Å². The maximum absolute atomic E-state index is 11.8. The van der Waals surface area contributed by atoms with E-state index < -0.39 is 8.07 Å². The van der Waals surface area contributed by atoms with E-state index in [1.54, 1.807) is 0 Å². The summed E-state index contributed by atoms with van der Waals surface area (Å²) in [4.78, 5) is 11.8. The van der Waals surface area contributed by atoms with Crippen LogP contribution in [-0.4, -0.2) is 13.9 Å². The first kappa shape index (κ1) is 13.0. The summed E-state index contributed by atoms with van der Waals surface area (Å²) < 4.78 is 0. The van der Waals surface area contributed by atoms with Crippen molar-refractivity contribution in [3.05, 3.63) is 0 Å². The van der Waals surface area contributed by atoms with E-state index in [1.807, 2.05) is 0 Å². The fourth-order valence-corrected chi connectivity index (χ4v) is 3.68. The van der Waals surface area contributed by atoms with Crippen LogP contribution in [0.3, 0.4) is 0 Å². The predicted octanol–water partition coefficient (Wildman–Crippen LogP) is 4.25. The minimum absolute atomic E-state index is 0.420. The molecule has 1 fully saturated rings. The summed E-state index contributed by atoms with van der Waals surface area (Å²) in [6, 6.07) is 1.39. The van der Waals surface area contributed by atoms with Crippen molar-refractivity contribution in [2.75, 3.05) is 0 Å². The molecule has 1 aliphatic carbocycles. The van der Waals surface area contributed by atoms with E-state index in [2.05, 4.69) is 19.6 Å². The third kappa shape index (κ3) is 5.50. The van der Waals surface area contributed by atoms with Crippen LogP contribution in [0.2, 0.25) is 25.7 Å². The van der Waals surface area contributed by atoms with Crippen LogP contribution in [0.25, 0.3) is 0 Å². The molecule has 0 bridgehead atoms. The van der Waals surface area contributed by atoms with E-state index >= 15 is 0 Å². The Morgan fingerprint density at radius 3 is 2.60 bits per heavy atom. The molecule has 1 saturated carbocycles. The van der Waals surface area contributed by atoms with Gasteiger partial charge >= 0.3 is 0 Å². The molecule has 2 heteroatoms. The third-order valence-electron chi connectivity index (χ3n) is 3.41. The highest BCUT2D eigenvalue weighted by atomic mass is 28.3. The van der Waals surface area contributed by atoms with E-state index in [1.165, 1.54) is 38.1 Å². The quantitative estimate of drug-likeness (QED) is 0.517. The van der Waals surface area contributed by atoms with Crippen molar-refractivity contribution in [2.45, 2.75) is 70.6 Å². The molecule has 0 aromatic carbocycles. The molecule has 0 spiro atoms. The van der Waals surface area contributed by atoms with Gasteiger partial charge in [0.05, 0.1) is 0 Å². The fourth-order valence-electron chi connectivity index (χ4n) is 2.42. The first-order valence-corrected chi connectivity index (χ1v) is 10.2. The number of hydrogen-bond donors (Lipinski definition) is 0. The van der Waals surface area contributed by atoms with Crippen LogP contribution < -0.4 is 0 Å². The van der Waals surface area contributed by atoms with Crippen molar-refractivity contribution in [3.8, 4) is 0 Å². The van der Waals surface area contributed by atoms with Gasteiger partial charge < -0.3 is 0 Å². The molecule has 1 aliphatic rings. The molecule has 0 heterocycles. The Morgan fingerprint density at radius 1 is 1.20 bits per heavy atom. The highest BCUT2D eigenvalue weighted by Crippen LogP contribution is 2.25. The Hall–Kier alpha value is -0.113. The Labute approximate surface area is 95.7 Å². The minimum atomic E-state index is -0.888. The van der Waals surface area contributed by atoms with Gasteiger partial charge in [0.25, 0.3) is 0 Å². The second-order valence-electron chi connectivity index (χ2n) is 6.22. The SMILES string of the molecule is C[Si](C)(C)CCCC1CCCCCC1=O. The van der Waals surface area contributed by atoms with Gasteiger partial charge in [-0.2, -0.15) is 0 Å². The number of carbonyl (C=O) groups is 1. The molecule has 1 atom stereocenters. The largest absolute Gasteiger partial charge is 0.299 e. The number of rotatable bonds is 4. The van der Waals surface area contributed by atoms with Crippen LogP contribution in [0.15, 0.2) is 0 Å². The fraction of sp³-hybridized carbons (Fsp3) is 0.923. The Bertz CT molecular complexity index is 205. The zero-order valence-electron chi connectivity index (χ0n) is 10.6. The van der Waals surface area contributed by atoms with Gasteiger partial charge in [0.15, 0.2) is 0 Å². The highest BCUT2D eigenvalue weighted by Gasteiger charge is 2.21. The molecule has 0 amide bonds. The van der Waals surface area contributed by atoms with Gasteiger partial charge in [-0.3, -0.25) is 4.79 Å². The molecule has 0 radical (unpaired) electrons. The maximum Gasteiger partial charge on any atom is 0.135 e. The van der Waals surface area contributed by atoms with Gasteiger partial charge in [0.2, 0.25) is 0 Å². The maximum atomic E-state index is 11.8. The summed E-state index contributed by atoms with van der Waals surface area (Å²) in [7, 11) is -0.888. The van der Waals surface area contributed by atoms with Crippen LogP contribution in [-0.2, 0) is 4.79 Å². The number of hydrogen-bond acceptors (Lipinski definition) is 1. The molecule has 1 rings (SSSR count). The van der Waals surface area contributed by atoms with E-state index in [0.717, 1.165) is 12.8 Å². The van der Waals surface area contributed by atoms with Crippen molar-refractivity contribution in [1.82, 2.24) is 0 Å². The van der Waals surface area contributed by atoms with Gasteiger partial charge in [-0.15, -0.1) is 0 Å². The van der Waals surface area contributed by atoms with Crippen LogP contribution in [0.5, 0.6) is 0 Å². The van der Waals surface area contributed by atoms with Gasteiger partial charge in [0, 0.05) is 20.4 Å². The zero-order chi connectivity index (χ0) is 11.3. The summed E-state index contributed by atoms with van der Waals surface area (Å²) in [5, 5.41) is 0. The molecule has 88 valence electrons. The number of Topliss-reactive ketones (excluding diaryl/α,β-unsaturated/α-hetero) is 1. The summed E-state index contributed by atoms with van der Waals surface area (Å²) in [6.45, 7) is 7.26. The molecule has 0 N–H and O–H groups in total. The van der Waals surface area contributed by atoms with Gasteiger partial charge in [-0.05, 0) is 19.3 Å². The Kier molecular flexibility index (Phi) is 5.04. The normalized spacial score (nSPS) is 23.9. The molecule has 15 heavy (non-hydrogen) atoms. The summed E-state index contributed by atoms with van der Waals surface area (Å²) in [5.41, 5.74) is 0. The van der Waals surface area contributed by atoms with Gasteiger partial charge in [0.1, 0.15) is 5.78 Å². The van der Waals surface area contributed by atoms with Crippen molar-refractivity contribution >= 4 is 13.9 Å². The van der Waals surface area contributed by atoms with E-state index in [-0.39, 0.29) is 0 Å². The lowest BCUT2D eigenvalue weighted by atomic mass is 9.94. The second kappa shape index (κ2) is 5.83. The topological polar surface area (TPSA) is 17.1 Å². The first-order valence-electron chi connectivity index (χ1n) is 6.52. The molecular formula is C13H26OSi. The molecule has 1 unspecified atom stereocenters. The molecule has 0 aromatic heterocycles. The molecular weight excluding hydrogens is 200 g/mol. The number of carbonyl (C=O) groups excluding carboxylic acids is 1. The number of ketones is 1. The van der Waals surface area contributed by atoms with Crippen LogP contribution in [0.4, 0.5) is 0 Å². The average Bonchev–Trinajstić information content (AvgIpc) is 2.30. The molecule has 0 aromatic rings. The van der Waals surface area contributed by atoms with Crippen LogP contribution in [0.1, 0.15) is 44.9 Å². The lowest BCUT2D eigenvalue weighted by Gasteiger charge is -2.18. The monoisotopic (exact) mass is 226 g/mol. The molecule has 0 saturated heterocycles. The smallest absolute Gasteiger partial charge is 0.135 e. The summed E-state index contributed by atoms with van der Waals surface area (Å²) in [5.74, 6) is 0.979. The van der Waals surface area contributed by atoms with Crippen LogP contribution >= 0.6 is 0 Å². The standard InChI is InChI=1S/C13H26OSi/c1-15(2,3)11-7-9-12-8-5-4-6-10-13(12)14/h12H,4-11H2,1-3H3. The average molecular weight is 226 g/mol. The van der Waals surface area contributed by atoms with E-state index in [4.69, 9.17) is 0 Å². The van der Waals surface area contributed by atoms with E-state index in [9.17, 15) is 4.79 Å². The highest BCUT2D eigenvalue weighted by molar-refractivity contribution is 6.76. The second-order valence-corrected chi connectivity index (χ2v) is 11.8. The predicted molar refractivity (Wildman–Crippen MR) is 69.0 cm³/mol. The van der Waals surface area contributed by atoms with Gasteiger partial charge in [-0.1, -0.05) is 44.9 Å². The molecule has 0 aliphatic heterocycles. The lowest BCUT2D eigenvalue weighted by molar-refractivity contribution is -0.122. The Balaban J connectivity index is 2.27. The van der Waals surface area contributed by atoms with Crippen molar-refractivity contribution in [1.29, 1.82) is 0 Å². The van der Waals surface area contributed by atoms with Gasteiger partial charge in [-0.25, -0.2) is 0 Å². The summed E-state index contributed by atoms with van der Waals surface area (Å²) >= 11 is 0. The van der Waals surface area contributed by atoms with Crippen LogP contribution in [0, 0.1) is 5.92 Å². The Morgan fingerprint density at radius 2 is 1.93 bits per heavy atom. The lowest BCUT2D eigenvalue weighted by Crippen LogP contribution is -2.20. The zero-order valence-corrected chi connectivity index (χ0v) is 11.6. The third-order valence-corrected chi connectivity index (χ3v) is 5.26.